The van der Waals surface area contributed by atoms with E-state index in [-0.39, 0.29) is 19.0 Å². The SMILES string of the molecule is O=C(Cc1ccccc1)OCc1cc(=O)oc2ccc3ccccc3c12. The Kier molecular flexibility index (Phi) is 4.23. The minimum atomic E-state index is -0.457. The van der Waals surface area contributed by atoms with Crippen LogP contribution < -0.4 is 5.63 Å². The van der Waals surface area contributed by atoms with E-state index in [0.717, 1.165) is 21.7 Å². The molecule has 0 spiro atoms. The van der Waals surface area contributed by atoms with Crippen LogP contribution in [0.3, 0.4) is 0 Å². The molecule has 0 amide bonds. The topological polar surface area (TPSA) is 56.5 Å². The number of carbonyl (C=O) groups excluding carboxylic acids is 1. The first kappa shape index (κ1) is 16.1. The summed E-state index contributed by atoms with van der Waals surface area (Å²) in [6.45, 7) is 0.0295. The summed E-state index contributed by atoms with van der Waals surface area (Å²) in [5.41, 5.74) is 1.57. The van der Waals surface area contributed by atoms with Gasteiger partial charge in [0.1, 0.15) is 12.2 Å². The minimum absolute atomic E-state index is 0.0295. The van der Waals surface area contributed by atoms with E-state index in [1.54, 1.807) is 6.07 Å². The number of hydrogen-bond acceptors (Lipinski definition) is 4. The summed E-state index contributed by atoms with van der Waals surface area (Å²) >= 11 is 0. The lowest BCUT2D eigenvalue weighted by atomic mass is 10.0. The molecule has 1 heterocycles. The van der Waals surface area contributed by atoms with Crippen molar-refractivity contribution in [3.05, 3.63) is 94.3 Å². The first-order valence-corrected chi connectivity index (χ1v) is 8.35. The van der Waals surface area contributed by atoms with Crippen molar-refractivity contribution in [3.63, 3.8) is 0 Å². The zero-order valence-electron chi connectivity index (χ0n) is 14.0. The minimum Gasteiger partial charge on any atom is -0.461 e. The molecule has 4 nitrogen and oxygen atoms in total. The maximum Gasteiger partial charge on any atom is 0.336 e. The standard InChI is InChI=1S/C22H16O4/c23-20(12-15-6-2-1-3-7-15)25-14-17-13-21(24)26-19-11-10-16-8-4-5-9-18(16)22(17)19/h1-11,13H,12,14H2. The Labute approximate surface area is 149 Å². The third-order valence-electron chi connectivity index (χ3n) is 4.29. The lowest BCUT2D eigenvalue weighted by Crippen LogP contribution is -2.10. The van der Waals surface area contributed by atoms with Crippen molar-refractivity contribution in [2.45, 2.75) is 13.0 Å². The summed E-state index contributed by atoms with van der Waals surface area (Å²) in [6, 6.07) is 22.3. The smallest absolute Gasteiger partial charge is 0.336 e. The fourth-order valence-corrected chi connectivity index (χ4v) is 3.11. The van der Waals surface area contributed by atoms with Crippen LogP contribution in [0.4, 0.5) is 0 Å². The number of esters is 1. The maximum absolute atomic E-state index is 12.1. The van der Waals surface area contributed by atoms with Gasteiger partial charge in [-0.25, -0.2) is 4.79 Å². The van der Waals surface area contributed by atoms with Crippen LogP contribution in [0.15, 0.2) is 82.0 Å². The van der Waals surface area contributed by atoms with Gasteiger partial charge < -0.3 is 9.15 Å². The largest absolute Gasteiger partial charge is 0.461 e. The molecule has 4 heteroatoms. The molecule has 0 unspecified atom stereocenters. The molecule has 26 heavy (non-hydrogen) atoms. The van der Waals surface area contributed by atoms with E-state index in [1.807, 2.05) is 60.7 Å². The van der Waals surface area contributed by atoms with Crippen molar-refractivity contribution in [3.8, 4) is 0 Å². The summed E-state index contributed by atoms with van der Waals surface area (Å²) in [5, 5.41) is 2.80. The fraction of sp³-hybridized carbons (Fsp3) is 0.0909. The molecule has 0 bridgehead atoms. The number of carbonyl (C=O) groups is 1. The quantitative estimate of drug-likeness (QED) is 0.316. The lowest BCUT2D eigenvalue weighted by molar-refractivity contribution is -0.144. The number of ether oxygens (including phenoxy) is 1. The average Bonchev–Trinajstić information content (AvgIpc) is 2.66. The molecule has 4 rings (SSSR count). The van der Waals surface area contributed by atoms with Crippen LogP contribution in [0.25, 0.3) is 21.7 Å². The van der Waals surface area contributed by atoms with E-state index < -0.39 is 5.63 Å². The predicted octanol–water partition coefficient (Wildman–Crippen LogP) is 4.23. The van der Waals surface area contributed by atoms with Crippen molar-refractivity contribution in [2.75, 3.05) is 0 Å². The molecule has 0 atom stereocenters. The molecule has 0 fully saturated rings. The summed E-state index contributed by atoms with van der Waals surface area (Å²) in [4.78, 5) is 24.0. The van der Waals surface area contributed by atoms with E-state index in [4.69, 9.17) is 9.15 Å². The summed E-state index contributed by atoms with van der Waals surface area (Å²) in [7, 11) is 0. The Hall–Kier alpha value is -3.40. The van der Waals surface area contributed by atoms with E-state index in [1.165, 1.54) is 6.07 Å². The lowest BCUT2D eigenvalue weighted by Gasteiger charge is -2.09. The van der Waals surface area contributed by atoms with Gasteiger partial charge >= 0.3 is 11.6 Å². The zero-order valence-corrected chi connectivity index (χ0v) is 14.0. The molecule has 4 aromatic rings. The average molecular weight is 344 g/mol. The predicted molar refractivity (Wildman–Crippen MR) is 99.9 cm³/mol. The third kappa shape index (κ3) is 3.22. The Morgan fingerprint density at radius 2 is 1.69 bits per heavy atom. The molecule has 0 radical (unpaired) electrons. The van der Waals surface area contributed by atoms with Crippen LogP contribution in [-0.4, -0.2) is 5.97 Å². The van der Waals surface area contributed by atoms with Crippen LogP contribution in [0, 0.1) is 0 Å². The van der Waals surface area contributed by atoms with Gasteiger partial charge in [0, 0.05) is 17.0 Å². The second kappa shape index (κ2) is 6.84. The molecule has 0 aliphatic rings. The van der Waals surface area contributed by atoms with Crippen LogP contribution >= 0.6 is 0 Å². The van der Waals surface area contributed by atoms with Gasteiger partial charge in [-0.05, 0) is 22.4 Å². The van der Waals surface area contributed by atoms with Crippen molar-refractivity contribution in [1.29, 1.82) is 0 Å². The molecule has 0 N–H and O–H groups in total. The second-order valence-corrected chi connectivity index (χ2v) is 6.07. The zero-order chi connectivity index (χ0) is 17.9. The van der Waals surface area contributed by atoms with Crippen LogP contribution in [0.1, 0.15) is 11.1 Å². The van der Waals surface area contributed by atoms with Crippen LogP contribution in [0.5, 0.6) is 0 Å². The van der Waals surface area contributed by atoms with Crippen molar-refractivity contribution < 1.29 is 13.9 Å². The molecule has 1 aromatic heterocycles. The monoisotopic (exact) mass is 344 g/mol. The maximum atomic E-state index is 12.1. The normalized spacial score (nSPS) is 10.9. The Balaban J connectivity index is 1.66. The second-order valence-electron chi connectivity index (χ2n) is 6.07. The first-order valence-electron chi connectivity index (χ1n) is 8.35. The van der Waals surface area contributed by atoms with Gasteiger partial charge in [-0.3, -0.25) is 4.79 Å². The molecule has 0 aliphatic heterocycles. The van der Waals surface area contributed by atoms with Gasteiger partial charge in [0.2, 0.25) is 0 Å². The molecule has 0 saturated carbocycles. The van der Waals surface area contributed by atoms with Gasteiger partial charge in [0.25, 0.3) is 0 Å². The highest BCUT2D eigenvalue weighted by Gasteiger charge is 2.12. The number of fused-ring (bicyclic) bond motifs is 3. The van der Waals surface area contributed by atoms with Crippen molar-refractivity contribution in [2.24, 2.45) is 0 Å². The summed E-state index contributed by atoms with van der Waals surface area (Å²) < 4.78 is 10.7. The fourth-order valence-electron chi connectivity index (χ4n) is 3.11. The number of benzene rings is 3. The number of hydrogen-bond donors (Lipinski definition) is 0. The molecular weight excluding hydrogens is 328 g/mol. The van der Waals surface area contributed by atoms with Gasteiger partial charge in [-0.2, -0.15) is 0 Å². The van der Waals surface area contributed by atoms with Crippen LogP contribution in [-0.2, 0) is 22.6 Å². The first-order chi connectivity index (χ1) is 12.7. The van der Waals surface area contributed by atoms with Gasteiger partial charge in [-0.1, -0.05) is 60.7 Å². The molecular formula is C22H16O4. The highest BCUT2D eigenvalue weighted by atomic mass is 16.5. The molecule has 0 aliphatic carbocycles. The van der Waals surface area contributed by atoms with E-state index >= 15 is 0 Å². The molecule has 3 aromatic carbocycles. The van der Waals surface area contributed by atoms with E-state index in [0.29, 0.717) is 11.1 Å². The van der Waals surface area contributed by atoms with E-state index in [9.17, 15) is 9.59 Å². The summed E-state index contributed by atoms with van der Waals surface area (Å²) in [6.07, 6.45) is 0.195. The van der Waals surface area contributed by atoms with Gasteiger partial charge in [-0.15, -0.1) is 0 Å². The van der Waals surface area contributed by atoms with Gasteiger partial charge in [0.05, 0.1) is 6.42 Å². The molecule has 128 valence electrons. The number of rotatable bonds is 4. The van der Waals surface area contributed by atoms with Crippen molar-refractivity contribution >= 4 is 27.7 Å². The highest BCUT2D eigenvalue weighted by molar-refractivity contribution is 6.07. The van der Waals surface area contributed by atoms with Crippen molar-refractivity contribution in [1.82, 2.24) is 0 Å². The van der Waals surface area contributed by atoms with Crippen LogP contribution in [0.2, 0.25) is 0 Å². The Morgan fingerprint density at radius 3 is 2.54 bits per heavy atom. The summed E-state index contributed by atoms with van der Waals surface area (Å²) in [5.74, 6) is -0.335. The molecule has 0 saturated heterocycles. The Bertz CT molecular complexity index is 1140. The van der Waals surface area contributed by atoms with Gasteiger partial charge in [0.15, 0.2) is 0 Å². The Morgan fingerprint density at radius 1 is 0.923 bits per heavy atom. The third-order valence-corrected chi connectivity index (χ3v) is 4.29. The highest BCUT2D eigenvalue weighted by Crippen LogP contribution is 2.27. The van der Waals surface area contributed by atoms with E-state index in [2.05, 4.69) is 0 Å².